The van der Waals surface area contributed by atoms with Gasteiger partial charge in [0.15, 0.2) is 0 Å². The Labute approximate surface area is 108 Å². The number of para-hydroxylation sites is 1. The number of ether oxygens (including phenoxy) is 1. The summed E-state index contributed by atoms with van der Waals surface area (Å²) in [6.07, 6.45) is 4.24. The van der Waals surface area contributed by atoms with Gasteiger partial charge in [-0.2, -0.15) is 0 Å². The molecule has 0 saturated carbocycles. The lowest BCUT2D eigenvalue weighted by Crippen LogP contribution is -2.22. The summed E-state index contributed by atoms with van der Waals surface area (Å²) in [4.78, 5) is 4.36. The summed E-state index contributed by atoms with van der Waals surface area (Å²) in [5.41, 5.74) is 0.938. The summed E-state index contributed by atoms with van der Waals surface area (Å²) in [5.74, 6) is 0.866. The number of nitrogens with zero attached hydrogens (tertiary/aromatic N) is 1. The van der Waals surface area contributed by atoms with Gasteiger partial charge in [-0.3, -0.25) is 4.98 Å². The third kappa shape index (κ3) is 3.44. The maximum absolute atomic E-state index is 5.77. The van der Waals surface area contributed by atoms with Crippen molar-refractivity contribution in [2.45, 2.75) is 19.8 Å². The first kappa shape index (κ1) is 12.8. The van der Waals surface area contributed by atoms with Crippen LogP contribution in [0.3, 0.4) is 0 Å². The minimum atomic E-state index is 0.680. The van der Waals surface area contributed by atoms with Crippen LogP contribution in [0.4, 0.5) is 0 Å². The fourth-order valence-corrected chi connectivity index (χ4v) is 1.85. The van der Waals surface area contributed by atoms with Crippen LogP contribution in [0.15, 0.2) is 36.5 Å². The second-order valence-corrected chi connectivity index (χ2v) is 4.28. The summed E-state index contributed by atoms with van der Waals surface area (Å²) in [6.45, 7) is 4.82. The molecular formula is C15H20N2O. The van der Waals surface area contributed by atoms with Gasteiger partial charge in [-0.05, 0) is 25.1 Å². The van der Waals surface area contributed by atoms with Crippen molar-refractivity contribution in [1.29, 1.82) is 0 Å². The number of unbranched alkanes of at least 4 members (excludes halogenated alkanes) is 1. The third-order valence-corrected chi connectivity index (χ3v) is 2.84. The molecule has 2 rings (SSSR count). The van der Waals surface area contributed by atoms with E-state index in [-0.39, 0.29) is 0 Å². The second kappa shape index (κ2) is 6.97. The van der Waals surface area contributed by atoms with Gasteiger partial charge in [0.05, 0.1) is 0 Å². The molecule has 3 heteroatoms. The van der Waals surface area contributed by atoms with Crippen molar-refractivity contribution >= 4 is 10.9 Å². The predicted molar refractivity (Wildman–Crippen MR) is 75.0 cm³/mol. The van der Waals surface area contributed by atoms with E-state index in [0.717, 1.165) is 29.7 Å². The van der Waals surface area contributed by atoms with Crippen LogP contribution in [0.25, 0.3) is 10.9 Å². The number of pyridine rings is 1. The van der Waals surface area contributed by atoms with Crippen LogP contribution < -0.4 is 10.1 Å². The van der Waals surface area contributed by atoms with Gasteiger partial charge in [0, 0.05) is 18.1 Å². The molecule has 1 aromatic carbocycles. The van der Waals surface area contributed by atoms with Gasteiger partial charge in [0.25, 0.3) is 0 Å². The first-order valence-corrected chi connectivity index (χ1v) is 6.59. The van der Waals surface area contributed by atoms with Gasteiger partial charge in [-0.15, -0.1) is 0 Å². The summed E-state index contributed by atoms with van der Waals surface area (Å²) in [7, 11) is 0. The van der Waals surface area contributed by atoms with Crippen molar-refractivity contribution in [3.05, 3.63) is 36.5 Å². The Hall–Kier alpha value is -1.61. The van der Waals surface area contributed by atoms with E-state index >= 15 is 0 Å². The van der Waals surface area contributed by atoms with Crippen molar-refractivity contribution in [1.82, 2.24) is 10.3 Å². The lowest BCUT2D eigenvalue weighted by molar-refractivity contribution is 0.317. The van der Waals surface area contributed by atoms with E-state index < -0.39 is 0 Å². The summed E-state index contributed by atoms with van der Waals surface area (Å²) < 4.78 is 5.77. The zero-order chi connectivity index (χ0) is 12.6. The van der Waals surface area contributed by atoms with E-state index in [2.05, 4.69) is 29.4 Å². The maximum atomic E-state index is 5.77. The molecule has 0 radical (unpaired) electrons. The first-order valence-electron chi connectivity index (χ1n) is 6.59. The maximum Gasteiger partial charge on any atom is 0.145 e. The highest BCUT2D eigenvalue weighted by molar-refractivity contribution is 5.84. The van der Waals surface area contributed by atoms with Gasteiger partial charge < -0.3 is 10.1 Å². The Morgan fingerprint density at radius 3 is 2.94 bits per heavy atom. The highest BCUT2D eigenvalue weighted by Gasteiger charge is 2.01. The molecule has 0 saturated heterocycles. The largest absolute Gasteiger partial charge is 0.490 e. The van der Waals surface area contributed by atoms with Crippen LogP contribution in [-0.4, -0.2) is 24.7 Å². The topological polar surface area (TPSA) is 34.1 Å². The predicted octanol–water partition coefficient (Wildman–Crippen LogP) is 3.00. The normalized spacial score (nSPS) is 10.7. The van der Waals surface area contributed by atoms with Crippen LogP contribution in [0.1, 0.15) is 19.8 Å². The molecule has 2 aromatic rings. The van der Waals surface area contributed by atoms with E-state index in [4.69, 9.17) is 4.74 Å². The molecule has 18 heavy (non-hydrogen) atoms. The number of hydrogen-bond acceptors (Lipinski definition) is 3. The fourth-order valence-electron chi connectivity index (χ4n) is 1.85. The lowest BCUT2D eigenvalue weighted by atomic mass is 10.2. The molecule has 0 spiro atoms. The molecule has 0 bridgehead atoms. The smallest absolute Gasteiger partial charge is 0.145 e. The molecule has 1 N–H and O–H groups in total. The van der Waals surface area contributed by atoms with Gasteiger partial charge in [0.1, 0.15) is 17.9 Å². The van der Waals surface area contributed by atoms with E-state index in [9.17, 15) is 0 Å². The number of benzene rings is 1. The molecule has 0 aliphatic heterocycles. The number of hydrogen-bond donors (Lipinski definition) is 1. The van der Waals surface area contributed by atoms with E-state index in [0.29, 0.717) is 6.61 Å². The van der Waals surface area contributed by atoms with E-state index in [1.165, 1.54) is 12.8 Å². The third-order valence-electron chi connectivity index (χ3n) is 2.84. The monoisotopic (exact) mass is 244 g/mol. The Morgan fingerprint density at radius 1 is 1.17 bits per heavy atom. The van der Waals surface area contributed by atoms with Crippen LogP contribution in [0.5, 0.6) is 5.75 Å². The van der Waals surface area contributed by atoms with Crippen LogP contribution in [0, 0.1) is 0 Å². The molecule has 96 valence electrons. The second-order valence-electron chi connectivity index (χ2n) is 4.28. The molecule has 1 aromatic heterocycles. The van der Waals surface area contributed by atoms with Crippen molar-refractivity contribution in [2.24, 2.45) is 0 Å². The molecule has 0 fully saturated rings. The van der Waals surface area contributed by atoms with Crippen molar-refractivity contribution in [2.75, 3.05) is 19.7 Å². The molecule has 1 heterocycles. The molecule has 0 amide bonds. The molecule has 0 unspecified atom stereocenters. The standard InChI is InChI=1S/C15H20N2O/c1-2-3-9-16-11-12-18-14-8-4-6-13-7-5-10-17-15(13)14/h4-8,10,16H,2-3,9,11-12H2,1H3. The summed E-state index contributed by atoms with van der Waals surface area (Å²) >= 11 is 0. The Kier molecular flexibility index (Phi) is 4.97. The average molecular weight is 244 g/mol. The van der Waals surface area contributed by atoms with E-state index in [1.54, 1.807) is 6.20 Å². The van der Waals surface area contributed by atoms with Crippen LogP contribution in [0.2, 0.25) is 0 Å². The lowest BCUT2D eigenvalue weighted by Gasteiger charge is -2.09. The molecule has 0 atom stereocenters. The SMILES string of the molecule is CCCCNCCOc1cccc2cccnc12. The van der Waals surface area contributed by atoms with Gasteiger partial charge in [0.2, 0.25) is 0 Å². The van der Waals surface area contributed by atoms with Crippen molar-refractivity contribution in [3.63, 3.8) is 0 Å². The van der Waals surface area contributed by atoms with Gasteiger partial charge in [-0.25, -0.2) is 0 Å². The number of nitrogens with one attached hydrogen (secondary N) is 1. The number of aromatic nitrogens is 1. The Morgan fingerprint density at radius 2 is 2.06 bits per heavy atom. The minimum Gasteiger partial charge on any atom is -0.490 e. The van der Waals surface area contributed by atoms with Gasteiger partial charge >= 0.3 is 0 Å². The van der Waals surface area contributed by atoms with Crippen LogP contribution in [-0.2, 0) is 0 Å². The number of fused-ring (bicyclic) bond motifs is 1. The van der Waals surface area contributed by atoms with Crippen molar-refractivity contribution in [3.8, 4) is 5.75 Å². The fraction of sp³-hybridized carbons (Fsp3) is 0.400. The number of rotatable bonds is 7. The van der Waals surface area contributed by atoms with Gasteiger partial charge in [-0.1, -0.05) is 31.5 Å². The van der Waals surface area contributed by atoms with Crippen LogP contribution >= 0.6 is 0 Å². The average Bonchev–Trinajstić information content (AvgIpc) is 2.43. The summed E-state index contributed by atoms with van der Waals surface area (Å²) in [6, 6.07) is 10.0. The first-order chi connectivity index (χ1) is 8.92. The van der Waals surface area contributed by atoms with Crippen molar-refractivity contribution < 1.29 is 4.74 Å². The molecule has 0 aliphatic carbocycles. The summed E-state index contributed by atoms with van der Waals surface area (Å²) in [5, 5.41) is 4.48. The molecular weight excluding hydrogens is 224 g/mol. The Bertz CT molecular complexity index is 479. The minimum absolute atomic E-state index is 0.680. The molecule has 3 nitrogen and oxygen atoms in total. The highest BCUT2D eigenvalue weighted by atomic mass is 16.5. The van der Waals surface area contributed by atoms with E-state index in [1.807, 2.05) is 18.2 Å². The zero-order valence-electron chi connectivity index (χ0n) is 10.9. The Balaban J connectivity index is 1.88. The molecule has 0 aliphatic rings. The quantitative estimate of drug-likeness (QED) is 0.760. The zero-order valence-corrected chi connectivity index (χ0v) is 10.9. The highest BCUT2D eigenvalue weighted by Crippen LogP contribution is 2.22.